The average Bonchev–Trinajstić information content (AvgIpc) is 2.12. The minimum absolute atomic E-state index is 0. The maximum absolute atomic E-state index is 12.4. The smallest absolute Gasteiger partial charge is 0.261 e. The van der Waals surface area contributed by atoms with Crippen molar-refractivity contribution in [2.45, 2.75) is 12.3 Å². The Kier molecular flexibility index (Phi) is 4.59. The van der Waals surface area contributed by atoms with E-state index in [4.69, 9.17) is 11.6 Å². The standard InChI is InChI=1S/C6H10ClF2N.ClH/c7-2-4-10-3-1-6(8,9)5-10;/h1-5H2;1H. The fourth-order valence-electron chi connectivity index (χ4n) is 1.12. The van der Waals surface area contributed by atoms with Gasteiger partial charge in [-0.3, -0.25) is 4.90 Å². The van der Waals surface area contributed by atoms with Crippen molar-refractivity contribution in [2.75, 3.05) is 25.5 Å². The van der Waals surface area contributed by atoms with E-state index >= 15 is 0 Å². The molecule has 1 aliphatic rings. The minimum atomic E-state index is -2.47. The number of alkyl halides is 3. The largest absolute Gasteiger partial charge is 0.296 e. The van der Waals surface area contributed by atoms with Gasteiger partial charge in [-0.25, -0.2) is 8.78 Å². The Hall–Kier alpha value is 0.400. The molecule has 1 aliphatic heterocycles. The monoisotopic (exact) mass is 205 g/mol. The van der Waals surface area contributed by atoms with Crippen LogP contribution in [0.25, 0.3) is 0 Å². The van der Waals surface area contributed by atoms with E-state index in [1.807, 2.05) is 0 Å². The highest BCUT2D eigenvalue weighted by Gasteiger charge is 2.37. The molecular weight excluding hydrogens is 195 g/mol. The maximum Gasteiger partial charge on any atom is 0.261 e. The van der Waals surface area contributed by atoms with Gasteiger partial charge in [0.1, 0.15) is 0 Å². The fraction of sp³-hybridized carbons (Fsp3) is 1.00. The molecule has 1 saturated heterocycles. The topological polar surface area (TPSA) is 3.24 Å². The number of hydrogen-bond acceptors (Lipinski definition) is 1. The molecule has 0 atom stereocenters. The molecule has 5 heteroatoms. The third-order valence-corrected chi connectivity index (χ3v) is 1.82. The second-order valence-electron chi connectivity index (χ2n) is 2.57. The van der Waals surface area contributed by atoms with Crippen LogP contribution < -0.4 is 0 Å². The molecule has 0 aromatic rings. The minimum Gasteiger partial charge on any atom is -0.296 e. The highest BCUT2D eigenvalue weighted by molar-refractivity contribution is 6.18. The molecule has 0 unspecified atom stereocenters. The Morgan fingerprint density at radius 1 is 1.45 bits per heavy atom. The van der Waals surface area contributed by atoms with Crippen LogP contribution in [-0.2, 0) is 0 Å². The summed E-state index contributed by atoms with van der Waals surface area (Å²) in [5, 5.41) is 0. The van der Waals surface area contributed by atoms with Crippen molar-refractivity contribution in [2.24, 2.45) is 0 Å². The Morgan fingerprint density at radius 3 is 2.45 bits per heavy atom. The van der Waals surface area contributed by atoms with Gasteiger partial charge in [0, 0.05) is 25.4 Å². The summed E-state index contributed by atoms with van der Waals surface area (Å²) in [4.78, 5) is 1.69. The zero-order valence-corrected chi connectivity index (χ0v) is 7.60. The first-order valence-corrected chi connectivity index (χ1v) is 3.84. The summed E-state index contributed by atoms with van der Waals surface area (Å²) < 4.78 is 24.9. The van der Waals surface area contributed by atoms with E-state index < -0.39 is 5.92 Å². The summed E-state index contributed by atoms with van der Waals surface area (Å²) >= 11 is 5.39. The third kappa shape index (κ3) is 3.54. The normalized spacial score (nSPS) is 23.2. The maximum atomic E-state index is 12.4. The summed E-state index contributed by atoms with van der Waals surface area (Å²) in [6.07, 6.45) is -0.0100. The van der Waals surface area contributed by atoms with Crippen molar-refractivity contribution in [3.63, 3.8) is 0 Å². The molecule has 0 spiro atoms. The summed E-state index contributed by atoms with van der Waals surface area (Å²) in [7, 11) is 0. The van der Waals surface area contributed by atoms with Crippen LogP contribution in [0.3, 0.4) is 0 Å². The average molecular weight is 206 g/mol. The molecule has 68 valence electrons. The lowest BCUT2D eigenvalue weighted by Gasteiger charge is -2.12. The second-order valence-corrected chi connectivity index (χ2v) is 2.95. The van der Waals surface area contributed by atoms with Crippen molar-refractivity contribution in [3.05, 3.63) is 0 Å². The van der Waals surface area contributed by atoms with Gasteiger partial charge in [-0.05, 0) is 0 Å². The van der Waals surface area contributed by atoms with Gasteiger partial charge in [0.25, 0.3) is 5.92 Å². The van der Waals surface area contributed by atoms with Gasteiger partial charge in [-0.15, -0.1) is 24.0 Å². The van der Waals surface area contributed by atoms with Crippen LogP contribution in [-0.4, -0.2) is 36.3 Å². The molecule has 0 aromatic heterocycles. The first kappa shape index (κ1) is 11.4. The SMILES string of the molecule is Cl.FC1(F)CCN(CCCl)C1. The highest BCUT2D eigenvalue weighted by Crippen LogP contribution is 2.26. The van der Waals surface area contributed by atoms with Gasteiger partial charge >= 0.3 is 0 Å². The van der Waals surface area contributed by atoms with Crippen LogP contribution >= 0.6 is 24.0 Å². The van der Waals surface area contributed by atoms with E-state index in [9.17, 15) is 8.78 Å². The number of likely N-dealkylation sites (tertiary alicyclic amines) is 1. The van der Waals surface area contributed by atoms with Crippen LogP contribution in [0.1, 0.15) is 6.42 Å². The highest BCUT2D eigenvalue weighted by atomic mass is 35.5. The zero-order chi connectivity index (χ0) is 7.61. The lowest BCUT2D eigenvalue weighted by molar-refractivity contribution is 0.0128. The van der Waals surface area contributed by atoms with Crippen molar-refractivity contribution < 1.29 is 8.78 Å². The molecule has 1 heterocycles. The summed E-state index contributed by atoms with van der Waals surface area (Å²) in [5.74, 6) is -2.03. The van der Waals surface area contributed by atoms with Gasteiger partial charge in [0.2, 0.25) is 0 Å². The first-order valence-electron chi connectivity index (χ1n) is 3.30. The van der Waals surface area contributed by atoms with Crippen LogP contribution in [0.15, 0.2) is 0 Å². The molecule has 0 bridgehead atoms. The number of rotatable bonds is 2. The van der Waals surface area contributed by atoms with Gasteiger partial charge in [0.15, 0.2) is 0 Å². The number of hydrogen-bond donors (Lipinski definition) is 0. The van der Waals surface area contributed by atoms with Crippen molar-refractivity contribution in [1.82, 2.24) is 4.90 Å². The van der Waals surface area contributed by atoms with Gasteiger partial charge in [-0.2, -0.15) is 0 Å². The first-order chi connectivity index (χ1) is 4.64. The van der Waals surface area contributed by atoms with Crippen molar-refractivity contribution in [1.29, 1.82) is 0 Å². The molecule has 0 amide bonds. The fourth-order valence-corrected chi connectivity index (χ4v) is 1.36. The Balaban J connectivity index is 0.000001000. The third-order valence-electron chi connectivity index (χ3n) is 1.65. The summed E-state index contributed by atoms with van der Waals surface area (Å²) in [6, 6.07) is 0. The van der Waals surface area contributed by atoms with E-state index in [1.165, 1.54) is 0 Å². The molecule has 0 N–H and O–H groups in total. The molecule has 0 saturated carbocycles. The molecule has 1 nitrogen and oxygen atoms in total. The van der Waals surface area contributed by atoms with Crippen LogP contribution in [0.5, 0.6) is 0 Å². The van der Waals surface area contributed by atoms with E-state index in [1.54, 1.807) is 4.90 Å². The predicted molar refractivity (Wildman–Crippen MR) is 44.0 cm³/mol. The van der Waals surface area contributed by atoms with Gasteiger partial charge in [-0.1, -0.05) is 0 Å². The van der Waals surface area contributed by atoms with Gasteiger partial charge in [0.05, 0.1) is 6.54 Å². The molecular formula is C6H11Cl2F2N. The lowest BCUT2D eigenvalue weighted by atomic mass is 10.3. The van der Waals surface area contributed by atoms with Crippen molar-refractivity contribution in [3.8, 4) is 0 Å². The van der Waals surface area contributed by atoms with Crippen molar-refractivity contribution >= 4 is 24.0 Å². The molecule has 11 heavy (non-hydrogen) atoms. The number of halogens is 4. The Labute approximate surface area is 76.1 Å². The molecule has 0 radical (unpaired) electrons. The summed E-state index contributed by atoms with van der Waals surface area (Å²) in [5.41, 5.74) is 0. The van der Waals surface area contributed by atoms with Crippen LogP contribution in [0.2, 0.25) is 0 Å². The van der Waals surface area contributed by atoms with Crippen LogP contribution in [0.4, 0.5) is 8.78 Å². The quantitative estimate of drug-likeness (QED) is 0.624. The van der Waals surface area contributed by atoms with E-state index in [0.717, 1.165) is 0 Å². The molecule has 1 rings (SSSR count). The van der Waals surface area contributed by atoms with E-state index in [0.29, 0.717) is 19.0 Å². The molecule has 0 aromatic carbocycles. The molecule has 0 aliphatic carbocycles. The Morgan fingerprint density at radius 2 is 2.09 bits per heavy atom. The molecule has 1 fully saturated rings. The van der Waals surface area contributed by atoms with Crippen LogP contribution in [0, 0.1) is 0 Å². The second kappa shape index (κ2) is 4.43. The lowest BCUT2D eigenvalue weighted by Crippen LogP contribution is -2.26. The zero-order valence-electron chi connectivity index (χ0n) is 6.02. The predicted octanol–water partition coefficient (Wildman–Crippen LogP) is 1.99. The van der Waals surface area contributed by atoms with E-state index in [2.05, 4.69) is 0 Å². The summed E-state index contributed by atoms with van der Waals surface area (Å²) in [6.45, 7) is 0.955. The number of nitrogens with zero attached hydrogens (tertiary/aromatic N) is 1. The van der Waals surface area contributed by atoms with Gasteiger partial charge < -0.3 is 0 Å². The van der Waals surface area contributed by atoms with E-state index in [-0.39, 0.29) is 25.4 Å². The Bertz CT molecular complexity index is 121.